The molecule has 0 aliphatic carbocycles. The molecule has 4 rings (SSSR count). The van der Waals surface area contributed by atoms with Crippen LogP contribution in [0.3, 0.4) is 0 Å². The summed E-state index contributed by atoms with van der Waals surface area (Å²) in [6, 6.07) is 8.86. The third-order valence-electron chi connectivity index (χ3n) is 5.12. The van der Waals surface area contributed by atoms with E-state index in [4.69, 9.17) is 4.74 Å². The zero-order valence-electron chi connectivity index (χ0n) is 15.1. The minimum atomic E-state index is 0.0551. The third kappa shape index (κ3) is 3.91. The molecule has 0 bridgehead atoms. The van der Waals surface area contributed by atoms with E-state index >= 15 is 0 Å². The molecule has 0 radical (unpaired) electrons. The summed E-state index contributed by atoms with van der Waals surface area (Å²) < 4.78 is 5.67. The van der Waals surface area contributed by atoms with Gasteiger partial charge < -0.3 is 15.0 Å². The maximum absolute atomic E-state index is 12.7. The van der Waals surface area contributed by atoms with E-state index in [0.717, 1.165) is 56.1 Å². The first kappa shape index (κ1) is 17.5. The zero-order valence-corrected chi connectivity index (χ0v) is 15.9. The van der Waals surface area contributed by atoms with E-state index in [9.17, 15) is 4.79 Å². The molecule has 1 amide bonds. The van der Waals surface area contributed by atoms with Crippen molar-refractivity contribution in [2.24, 2.45) is 0 Å². The number of piperidine rings is 1. The van der Waals surface area contributed by atoms with Crippen molar-refractivity contribution < 1.29 is 9.53 Å². The van der Waals surface area contributed by atoms with Crippen molar-refractivity contribution in [2.75, 3.05) is 25.0 Å². The Morgan fingerprint density at radius 1 is 1.31 bits per heavy atom. The Labute approximate surface area is 158 Å². The SMILES string of the molecule is Cc1cccc(NC2CCN(C(=O)c3csc([C@H]4CCCO4)n3)CC2)c1. The van der Waals surface area contributed by atoms with Crippen LogP contribution in [0.1, 0.15) is 52.8 Å². The van der Waals surface area contributed by atoms with Crippen molar-refractivity contribution in [2.45, 2.75) is 44.8 Å². The first-order valence-corrected chi connectivity index (χ1v) is 10.3. The molecule has 138 valence electrons. The number of aryl methyl sites for hydroxylation is 1. The second kappa shape index (κ2) is 7.76. The molecule has 5 nitrogen and oxygen atoms in total. The molecule has 2 aliphatic rings. The Kier molecular flexibility index (Phi) is 5.22. The highest BCUT2D eigenvalue weighted by Crippen LogP contribution is 2.31. The van der Waals surface area contributed by atoms with Crippen molar-refractivity contribution in [3.8, 4) is 0 Å². The highest BCUT2D eigenvalue weighted by molar-refractivity contribution is 7.09. The number of carbonyl (C=O) groups is 1. The van der Waals surface area contributed by atoms with Gasteiger partial charge in [0.1, 0.15) is 16.8 Å². The maximum atomic E-state index is 12.7. The number of hydrogen-bond donors (Lipinski definition) is 1. The number of benzene rings is 1. The number of likely N-dealkylation sites (tertiary alicyclic amines) is 1. The van der Waals surface area contributed by atoms with Crippen LogP contribution in [0.15, 0.2) is 29.6 Å². The van der Waals surface area contributed by atoms with Crippen LogP contribution in [-0.4, -0.2) is 41.5 Å². The van der Waals surface area contributed by atoms with Crippen LogP contribution < -0.4 is 5.32 Å². The van der Waals surface area contributed by atoms with Gasteiger partial charge in [-0.25, -0.2) is 4.98 Å². The predicted molar refractivity (Wildman–Crippen MR) is 104 cm³/mol. The van der Waals surface area contributed by atoms with Gasteiger partial charge in [-0.15, -0.1) is 11.3 Å². The number of thiazole rings is 1. The molecule has 1 aromatic carbocycles. The van der Waals surface area contributed by atoms with Gasteiger partial charge in [-0.1, -0.05) is 12.1 Å². The van der Waals surface area contributed by atoms with E-state index in [2.05, 4.69) is 41.5 Å². The van der Waals surface area contributed by atoms with E-state index < -0.39 is 0 Å². The van der Waals surface area contributed by atoms with Crippen molar-refractivity contribution in [3.05, 3.63) is 45.9 Å². The molecule has 0 spiro atoms. The van der Waals surface area contributed by atoms with Crippen molar-refractivity contribution in [1.82, 2.24) is 9.88 Å². The first-order chi connectivity index (χ1) is 12.7. The van der Waals surface area contributed by atoms with Crippen LogP contribution in [0.25, 0.3) is 0 Å². The van der Waals surface area contributed by atoms with Crippen LogP contribution in [0.4, 0.5) is 5.69 Å². The second-order valence-electron chi connectivity index (χ2n) is 7.15. The van der Waals surface area contributed by atoms with Crippen LogP contribution in [0, 0.1) is 6.92 Å². The first-order valence-electron chi connectivity index (χ1n) is 9.38. The summed E-state index contributed by atoms with van der Waals surface area (Å²) in [5.41, 5.74) is 2.99. The highest BCUT2D eigenvalue weighted by atomic mass is 32.1. The summed E-state index contributed by atoms with van der Waals surface area (Å²) in [6.45, 7) is 4.45. The van der Waals surface area contributed by atoms with Gasteiger partial charge in [0.25, 0.3) is 5.91 Å². The number of anilines is 1. The second-order valence-corrected chi connectivity index (χ2v) is 8.04. The molecule has 2 aliphatic heterocycles. The number of nitrogens with zero attached hydrogens (tertiary/aromatic N) is 2. The standard InChI is InChI=1S/C20H25N3O2S/c1-14-4-2-5-16(12-14)21-15-7-9-23(10-8-15)20(24)17-13-26-19(22-17)18-6-3-11-25-18/h2,4-5,12-13,15,18,21H,3,6-11H2,1H3/t18-/m1/s1. The number of nitrogens with one attached hydrogen (secondary N) is 1. The van der Waals surface area contributed by atoms with Gasteiger partial charge in [0.15, 0.2) is 0 Å². The van der Waals surface area contributed by atoms with Gasteiger partial charge in [0, 0.05) is 36.8 Å². The number of amides is 1. The molecule has 2 saturated heterocycles. The molecular weight excluding hydrogens is 346 g/mol. The number of rotatable bonds is 4. The molecule has 26 heavy (non-hydrogen) atoms. The Balaban J connectivity index is 1.32. The Bertz CT molecular complexity index is 762. The number of hydrogen-bond acceptors (Lipinski definition) is 5. The number of ether oxygens (including phenoxy) is 1. The number of aromatic nitrogens is 1. The fourth-order valence-electron chi connectivity index (χ4n) is 3.67. The van der Waals surface area contributed by atoms with Crippen LogP contribution >= 0.6 is 11.3 Å². The van der Waals surface area contributed by atoms with Gasteiger partial charge in [0.2, 0.25) is 0 Å². The molecule has 1 N–H and O–H groups in total. The van der Waals surface area contributed by atoms with E-state index in [-0.39, 0.29) is 12.0 Å². The highest BCUT2D eigenvalue weighted by Gasteiger charge is 2.27. The number of carbonyl (C=O) groups excluding carboxylic acids is 1. The molecule has 2 aromatic rings. The van der Waals surface area contributed by atoms with Gasteiger partial charge in [-0.2, -0.15) is 0 Å². The third-order valence-corrected chi connectivity index (χ3v) is 6.05. The molecule has 2 fully saturated rings. The summed E-state index contributed by atoms with van der Waals surface area (Å²) in [5.74, 6) is 0.0551. The average Bonchev–Trinajstić information content (AvgIpc) is 3.33. The zero-order chi connectivity index (χ0) is 17.9. The quantitative estimate of drug-likeness (QED) is 0.882. The van der Waals surface area contributed by atoms with Gasteiger partial charge in [-0.05, 0) is 50.3 Å². The lowest BCUT2D eigenvalue weighted by Gasteiger charge is -2.32. The summed E-state index contributed by atoms with van der Waals surface area (Å²) in [7, 11) is 0. The van der Waals surface area contributed by atoms with Crippen LogP contribution in [0.5, 0.6) is 0 Å². The van der Waals surface area contributed by atoms with Gasteiger partial charge in [-0.3, -0.25) is 4.79 Å². The summed E-state index contributed by atoms with van der Waals surface area (Å²) in [6.07, 6.45) is 4.10. The van der Waals surface area contributed by atoms with Crippen molar-refractivity contribution in [3.63, 3.8) is 0 Å². The van der Waals surface area contributed by atoms with Gasteiger partial charge in [0.05, 0.1) is 0 Å². The van der Waals surface area contributed by atoms with Gasteiger partial charge >= 0.3 is 0 Å². The maximum Gasteiger partial charge on any atom is 0.273 e. The summed E-state index contributed by atoms with van der Waals surface area (Å²) in [4.78, 5) is 19.2. The van der Waals surface area contributed by atoms with Crippen molar-refractivity contribution in [1.29, 1.82) is 0 Å². The fraction of sp³-hybridized carbons (Fsp3) is 0.500. The van der Waals surface area contributed by atoms with Crippen LogP contribution in [0.2, 0.25) is 0 Å². The smallest absolute Gasteiger partial charge is 0.273 e. The topological polar surface area (TPSA) is 54.5 Å². The van der Waals surface area contributed by atoms with E-state index in [1.54, 1.807) is 11.3 Å². The Hall–Kier alpha value is -1.92. The predicted octanol–water partition coefficient (Wildman–Crippen LogP) is 4.02. The molecule has 1 aromatic heterocycles. The summed E-state index contributed by atoms with van der Waals surface area (Å²) >= 11 is 1.55. The van der Waals surface area contributed by atoms with E-state index in [1.165, 1.54) is 5.56 Å². The minimum Gasteiger partial charge on any atom is -0.382 e. The molecular formula is C20H25N3O2S. The lowest BCUT2D eigenvalue weighted by atomic mass is 10.0. The largest absolute Gasteiger partial charge is 0.382 e. The fourth-order valence-corrected chi connectivity index (χ4v) is 4.54. The van der Waals surface area contributed by atoms with Crippen molar-refractivity contribution >= 4 is 22.9 Å². The monoisotopic (exact) mass is 371 g/mol. The Morgan fingerprint density at radius 2 is 2.15 bits per heavy atom. The average molecular weight is 372 g/mol. The van der Waals surface area contributed by atoms with E-state index in [1.807, 2.05) is 10.3 Å². The molecule has 1 atom stereocenters. The Morgan fingerprint density at radius 3 is 2.88 bits per heavy atom. The summed E-state index contributed by atoms with van der Waals surface area (Å²) in [5, 5.41) is 6.43. The molecule has 0 saturated carbocycles. The normalized spacial score (nSPS) is 21.1. The van der Waals surface area contributed by atoms with E-state index in [0.29, 0.717) is 11.7 Å². The lowest BCUT2D eigenvalue weighted by Crippen LogP contribution is -2.42. The minimum absolute atomic E-state index is 0.0551. The molecule has 0 unspecified atom stereocenters. The van der Waals surface area contributed by atoms with Crippen LogP contribution in [-0.2, 0) is 4.74 Å². The molecule has 3 heterocycles. The lowest BCUT2D eigenvalue weighted by molar-refractivity contribution is 0.0711. The molecule has 6 heteroatoms.